The fourth-order valence-electron chi connectivity index (χ4n) is 4.10. The molecule has 3 heterocycles. The van der Waals surface area contributed by atoms with Gasteiger partial charge in [-0.3, -0.25) is 22.9 Å². The van der Waals surface area contributed by atoms with Gasteiger partial charge in [0.15, 0.2) is 11.2 Å². The van der Waals surface area contributed by atoms with Crippen molar-refractivity contribution in [3.8, 4) is 11.4 Å². The summed E-state index contributed by atoms with van der Waals surface area (Å²) in [6.45, 7) is 3.74. The summed E-state index contributed by atoms with van der Waals surface area (Å²) in [6, 6.07) is 12.5. The number of phenols is 1. The van der Waals surface area contributed by atoms with Gasteiger partial charge in [0.25, 0.3) is 5.56 Å². The summed E-state index contributed by atoms with van der Waals surface area (Å²) >= 11 is 0. The van der Waals surface area contributed by atoms with Gasteiger partial charge in [-0.25, -0.2) is 9.18 Å². The molecule has 9 heteroatoms. The molecule has 0 aliphatic carbocycles. The first-order valence-corrected chi connectivity index (χ1v) is 10.0. The number of hydrogen-bond donors (Lipinski definition) is 1. The van der Waals surface area contributed by atoms with Crippen molar-refractivity contribution in [2.24, 2.45) is 7.05 Å². The highest BCUT2D eigenvalue weighted by atomic mass is 19.1. The third-order valence-electron chi connectivity index (χ3n) is 5.90. The second kappa shape index (κ2) is 6.94. The summed E-state index contributed by atoms with van der Waals surface area (Å²) in [5.41, 5.74) is 2.22. The van der Waals surface area contributed by atoms with Crippen LogP contribution in [0.15, 0.2) is 58.1 Å². The molecule has 0 atom stereocenters. The first-order chi connectivity index (χ1) is 15.3. The molecule has 5 aromatic rings. The number of nitrogens with zero attached hydrogens (tertiary/aromatic N) is 5. The number of aromatic hydroxyl groups is 1. The van der Waals surface area contributed by atoms with Crippen LogP contribution < -0.4 is 11.2 Å². The third kappa shape index (κ3) is 2.71. The standard InChI is InChI=1S/C23H20FN5O3/c1-13-14(2)29-19-20(25-22(29)28(13)17-6-4-5-7-18(17)30)26(3)23(32)27(21(19)31)12-15-8-10-16(24)11-9-15/h4-11,30H,12H2,1-3H3. The van der Waals surface area contributed by atoms with Gasteiger partial charge in [0.1, 0.15) is 11.6 Å². The van der Waals surface area contributed by atoms with Gasteiger partial charge in [0.2, 0.25) is 5.78 Å². The van der Waals surface area contributed by atoms with Crippen LogP contribution >= 0.6 is 0 Å². The van der Waals surface area contributed by atoms with E-state index < -0.39 is 17.1 Å². The molecule has 0 saturated heterocycles. The number of phenolic OH excluding ortho intramolecular Hbond substituents is 1. The molecule has 0 aliphatic rings. The summed E-state index contributed by atoms with van der Waals surface area (Å²) < 4.78 is 19.2. The maximum Gasteiger partial charge on any atom is 0.332 e. The van der Waals surface area contributed by atoms with Gasteiger partial charge >= 0.3 is 5.69 Å². The first kappa shape index (κ1) is 19.8. The number of benzene rings is 2. The minimum atomic E-state index is -0.518. The normalized spacial score (nSPS) is 11.6. The van der Waals surface area contributed by atoms with Crippen molar-refractivity contribution in [2.45, 2.75) is 20.4 Å². The first-order valence-electron chi connectivity index (χ1n) is 10.0. The molecule has 0 bridgehead atoms. The fraction of sp³-hybridized carbons (Fsp3) is 0.174. The van der Waals surface area contributed by atoms with Gasteiger partial charge in [0.05, 0.1) is 12.2 Å². The van der Waals surface area contributed by atoms with Gasteiger partial charge in [-0.2, -0.15) is 4.98 Å². The van der Waals surface area contributed by atoms with Crippen LogP contribution in [0.2, 0.25) is 0 Å². The predicted octanol–water partition coefficient (Wildman–Crippen LogP) is 2.65. The summed E-state index contributed by atoms with van der Waals surface area (Å²) in [7, 11) is 1.56. The van der Waals surface area contributed by atoms with E-state index in [-0.39, 0.29) is 23.5 Å². The average molecular weight is 433 g/mol. The van der Waals surface area contributed by atoms with Crippen molar-refractivity contribution >= 4 is 16.9 Å². The monoisotopic (exact) mass is 433 g/mol. The van der Waals surface area contributed by atoms with E-state index in [4.69, 9.17) is 0 Å². The van der Waals surface area contributed by atoms with E-state index in [2.05, 4.69) is 4.98 Å². The molecule has 0 amide bonds. The summed E-state index contributed by atoms with van der Waals surface area (Å²) in [4.78, 5) is 31.1. The summed E-state index contributed by atoms with van der Waals surface area (Å²) in [6.07, 6.45) is 0. The Morgan fingerprint density at radius 2 is 1.69 bits per heavy atom. The van der Waals surface area contributed by atoms with Crippen LogP contribution in [0.3, 0.4) is 0 Å². The zero-order valence-corrected chi connectivity index (χ0v) is 17.7. The second-order valence-electron chi connectivity index (χ2n) is 7.77. The Morgan fingerprint density at radius 3 is 2.38 bits per heavy atom. The SMILES string of the molecule is Cc1c(C)n2c3c(=O)n(Cc4ccc(F)cc4)c(=O)n(C)c3nc2n1-c1ccccc1O. The maximum atomic E-state index is 13.5. The Kier molecular flexibility index (Phi) is 4.30. The lowest BCUT2D eigenvalue weighted by Gasteiger charge is -2.09. The number of aromatic nitrogens is 5. The van der Waals surface area contributed by atoms with Gasteiger partial charge in [-0.1, -0.05) is 24.3 Å². The van der Waals surface area contributed by atoms with Crippen molar-refractivity contribution in [3.05, 3.63) is 92.1 Å². The van der Waals surface area contributed by atoms with Crippen molar-refractivity contribution in [1.82, 2.24) is 23.1 Å². The average Bonchev–Trinajstić information content (AvgIpc) is 3.27. The van der Waals surface area contributed by atoms with E-state index in [1.807, 2.05) is 13.8 Å². The largest absolute Gasteiger partial charge is 0.506 e. The van der Waals surface area contributed by atoms with Crippen LogP contribution in [0.1, 0.15) is 17.0 Å². The van der Waals surface area contributed by atoms with E-state index >= 15 is 0 Å². The van der Waals surface area contributed by atoms with E-state index in [1.54, 1.807) is 52.4 Å². The maximum absolute atomic E-state index is 13.5. The Morgan fingerprint density at radius 1 is 1.00 bits per heavy atom. The molecule has 0 aliphatic heterocycles. The summed E-state index contributed by atoms with van der Waals surface area (Å²) in [5, 5.41) is 10.4. The molecule has 0 radical (unpaired) electrons. The highest BCUT2D eigenvalue weighted by Crippen LogP contribution is 2.29. The zero-order valence-electron chi connectivity index (χ0n) is 17.7. The van der Waals surface area contributed by atoms with Gasteiger partial charge in [0, 0.05) is 18.4 Å². The number of hydrogen-bond acceptors (Lipinski definition) is 4. The Hall–Kier alpha value is -4.14. The zero-order chi connectivity index (χ0) is 22.7. The van der Waals surface area contributed by atoms with Crippen molar-refractivity contribution in [3.63, 3.8) is 0 Å². The quantitative estimate of drug-likeness (QED) is 0.474. The summed E-state index contributed by atoms with van der Waals surface area (Å²) in [5.74, 6) is 0.101. The topological polar surface area (TPSA) is 86.5 Å². The van der Waals surface area contributed by atoms with Crippen LogP contribution in [-0.2, 0) is 13.6 Å². The van der Waals surface area contributed by atoms with Gasteiger partial charge in [-0.15, -0.1) is 0 Å². The molecule has 5 rings (SSSR count). The van der Waals surface area contributed by atoms with Crippen LogP contribution in [0.25, 0.3) is 22.6 Å². The van der Waals surface area contributed by atoms with Crippen LogP contribution in [-0.4, -0.2) is 28.2 Å². The smallest absolute Gasteiger partial charge is 0.332 e. The Balaban J connectivity index is 1.85. The predicted molar refractivity (Wildman–Crippen MR) is 118 cm³/mol. The fourth-order valence-corrected chi connectivity index (χ4v) is 4.10. The van der Waals surface area contributed by atoms with Gasteiger partial charge < -0.3 is 5.11 Å². The number of imidazole rings is 2. The molecular formula is C23H20FN5O3. The van der Waals surface area contributed by atoms with E-state index in [0.29, 0.717) is 17.0 Å². The number of aryl methyl sites for hydroxylation is 2. The molecule has 0 spiro atoms. The Labute approximate surface area is 181 Å². The van der Waals surface area contributed by atoms with Crippen LogP contribution in [0.5, 0.6) is 5.75 Å². The lowest BCUT2D eigenvalue weighted by molar-refractivity contribution is 0.472. The number of rotatable bonds is 3. The molecule has 32 heavy (non-hydrogen) atoms. The Bertz CT molecular complexity index is 1640. The lowest BCUT2D eigenvalue weighted by atomic mass is 10.2. The highest BCUT2D eigenvalue weighted by Gasteiger charge is 2.24. The molecule has 0 saturated carbocycles. The molecule has 162 valence electrons. The van der Waals surface area contributed by atoms with Crippen molar-refractivity contribution in [2.75, 3.05) is 0 Å². The number of fused-ring (bicyclic) bond motifs is 3. The van der Waals surface area contributed by atoms with E-state index in [0.717, 1.165) is 16.0 Å². The van der Waals surface area contributed by atoms with Crippen LogP contribution in [0.4, 0.5) is 4.39 Å². The third-order valence-corrected chi connectivity index (χ3v) is 5.90. The second-order valence-corrected chi connectivity index (χ2v) is 7.77. The molecule has 8 nitrogen and oxygen atoms in total. The minimum absolute atomic E-state index is 0.00711. The number of para-hydroxylation sites is 2. The molecule has 2 aromatic carbocycles. The number of halogens is 1. The minimum Gasteiger partial charge on any atom is -0.506 e. The molecule has 3 aromatic heterocycles. The van der Waals surface area contributed by atoms with Crippen molar-refractivity contribution in [1.29, 1.82) is 0 Å². The van der Waals surface area contributed by atoms with E-state index in [1.165, 1.54) is 16.7 Å². The van der Waals surface area contributed by atoms with Crippen LogP contribution in [0, 0.1) is 19.7 Å². The highest BCUT2D eigenvalue weighted by molar-refractivity contribution is 5.77. The van der Waals surface area contributed by atoms with E-state index in [9.17, 15) is 19.1 Å². The molecular weight excluding hydrogens is 413 g/mol. The lowest BCUT2D eigenvalue weighted by Crippen LogP contribution is -2.39. The molecule has 1 N–H and O–H groups in total. The molecule has 0 fully saturated rings. The van der Waals surface area contributed by atoms with Crippen molar-refractivity contribution < 1.29 is 9.50 Å². The van der Waals surface area contributed by atoms with Gasteiger partial charge in [-0.05, 0) is 43.7 Å². The molecule has 0 unspecified atom stereocenters.